The van der Waals surface area contributed by atoms with Crippen LogP contribution in [0.1, 0.15) is 42.6 Å². The van der Waals surface area contributed by atoms with Crippen LogP contribution in [0.15, 0.2) is 12.3 Å². The first-order valence-corrected chi connectivity index (χ1v) is 8.04. The van der Waals surface area contributed by atoms with Gasteiger partial charge in [-0.15, -0.1) is 0 Å². The molecule has 22 heavy (non-hydrogen) atoms. The van der Waals surface area contributed by atoms with Crippen molar-refractivity contribution < 1.29 is 14.7 Å². The van der Waals surface area contributed by atoms with Gasteiger partial charge in [-0.2, -0.15) is 5.10 Å². The first kappa shape index (κ1) is 13.8. The van der Waals surface area contributed by atoms with Gasteiger partial charge in [0.15, 0.2) is 0 Å². The minimum atomic E-state index is -1.09. The monoisotopic (exact) mass is 303 g/mol. The highest BCUT2D eigenvalue weighted by molar-refractivity contribution is 5.97. The predicted octanol–water partition coefficient (Wildman–Crippen LogP) is 1.43. The molecule has 4 bridgehead atoms. The standard InChI is InChI=1S/C16H21N3O3/c1-19-13(2-3-17-19)14(20)18-16(15(21)22)11-5-9-4-10(7-11)8-12(16)6-9/h2-3,9-12H,4-8H2,1H3,(H,18,20)(H,21,22). The molecule has 4 saturated carbocycles. The average molecular weight is 303 g/mol. The maximum absolute atomic E-state index is 12.6. The fraction of sp³-hybridized carbons (Fsp3) is 0.688. The van der Waals surface area contributed by atoms with Gasteiger partial charge < -0.3 is 10.4 Å². The molecule has 5 rings (SSSR count). The molecule has 0 saturated heterocycles. The van der Waals surface area contributed by atoms with Crippen molar-refractivity contribution in [1.29, 1.82) is 0 Å². The Morgan fingerprint density at radius 3 is 2.27 bits per heavy atom. The summed E-state index contributed by atoms with van der Waals surface area (Å²) in [5.74, 6) is 0.260. The van der Waals surface area contributed by atoms with Gasteiger partial charge in [0.05, 0.1) is 0 Å². The van der Waals surface area contributed by atoms with Crippen LogP contribution in [0.4, 0.5) is 0 Å². The smallest absolute Gasteiger partial charge is 0.330 e. The van der Waals surface area contributed by atoms with E-state index in [4.69, 9.17) is 0 Å². The predicted molar refractivity (Wildman–Crippen MR) is 78.1 cm³/mol. The summed E-state index contributed by atoms with van der Waals surface area (Å²) >= 11 is 0. The Morgan fingerprint density at radius 1 is 1.23 bits per heavy atom. The second kappa shape index (κ2) is 4.57. The number of aryl methyl sites for hydroxylation is 1. The largest absolute Gasteiger partial charge is 0.479 e. The lowest BCUT2D eigenvalue weighted by molar-refractivity contribution is -0.163. The second-order valence-electron chi connectivity index (χ2n) is 7.27. The average Bonchev–Trinajstić information content (AvgIpc) is 2.88. The molecule has 0 unspecified atom stereocenters. The fourth-order valence-electron chi connectivity index (χ4n) is 5.38. The van der Waals surface area contributed by atoms with Crippen LogP contribution in [-0.4, -0.2) is 32.3 Å². The topological polar surface area (TPSA) is 84.2 Å². The van der Waals surface area contributed by atoms with Gasteiger partial charge in [0.25, 0.3) is 5.91 Å². The van der Waals surface area contributed by atoms with Crippen LogP contribution in [0.5, 0.6) is 0 Å². The molecule has 2 N–H and O–H groups in total. The normalized spacial score (nSPS) is 39.0. The number of aromatic nitrogens is 2. The summed E-state index contributed by atoms with van der Waals surface area (Å²) in [6, 6.07) is 1.63. The summed E-state index contributed by atoms with van der Waals surface area (Å²) in [5.41, 5.74) is -0.677. The van der Waals surface area contributed by atoms with Crippen LogP contribution in [0.2, 0.25) is 0 Å². The van der Waals surface area contributed by atoms with Crippen LogP contribution in [0.3, 0.4) is 0 Å². The molecule has 0 atom stereocenters. The number of carbonyl (C=O) groups excluding carboxylic acids is 1. The Morgan fingerprint density at radius 2 is 1.82 bits per heavy atom. The van der Waals surface area contributed by atoms with Gasteiger partial charge in [-0.25, -0.2) is 4.79 Å². The minimum absolute atomic E-state index is 0.0680. The summed E-state index contributed by atoms with van der Waals surface area (Å²) < 4.78 is 1.49. The lowest BCUT2D eigenvalue weighted by Gasteiger charge is -2.59. The van der Waals surface area contributed by atoms with E-state index in [2.05, 4.69) is 10.4 Å². The number of nitrogens with one attached hydrogen (secondary N) is 1. The van der Waals surface area contributed by atoms with Gasteiger partial charge in [-0.05, 0) is 61.8 Å². The molecular weight excluding hydrogens is 282 g/mol. The third-order valence-electron chi connectivity index (χ3n) is 6.15. The van der Waals surface area contributed by atoms with E-state index < -0.39 is 11.5 Å². The molecule has 1 heterocycles. The molecule has 4 fully saturated rings. The number of hydrogen-bond acceptors (Lipinski definition) is 3. The Kier molecular flexibility index (Phi) is 2.86. The molecule has 0 spiro atoms. The maximum Gasteiger partial charge on any atom is 0.330 e. The van der Waals surface area contributed by atoms with Crippen LogP contribution in [-0.2, 0) is 11.8 Å². The van der Waals surface area contributed by atoms with E-state index in [9.17, 15) is 14.7 Å². The van der Waals surface area contributed by atoms with Crippen molar-refractivity contribution in [3.8, 4) is 0 Å². The van der Waals surface area contributed by atoms with Crippen molar-refractivity contribution in [3.05, 3.63) is 18.0 Å². The van der Waals surface area contributed by atoms with E-state index in [0.29, 0.717) is 17.5 Å². The van der Waals surface area contributed by atoms with Crippen LogP contribution in [0, 0.1) is 23.7 Å². The van der Waals surface area contributed by atoms with E-state index in [1.165, 1.54) is 11.1 Å². The van der Waals surface area contributed by atoms with E-state index in [1.54, 1.807) is 19.3 Å². The summed E-state index contributed by atoms with van der Waals surface area (Å²) in [6.45, 7) is 0. The summed E-state index contributed by atoms with van der Waals surface area (Å²) in [7, 11) is 1.69. The van der Waals surface area contributed by atoms with Crippen molar-refractivity contribution in [3.63, 3.8) is 0 Å². The van der Waals surface area contributed by atoms with Crippen molar-refractivity contribution in [2.24, 2.45) is 30.7 Å². The highest BCUT2D eigenvalue weighted by Gasteiger charge is 2.62. The molecule has 118 valence electrons. The molecule has 4 aliphatic rings. The zero-order chi connectivity index (χ0) is 15.5. The molecule has 6 heteroatoms. The first-order chi connectivity index (χ1) is 10.5. The molecule has 0 aliphatic heterocycles. The number of carboxylic acid groups (broad SMARTS) is 1. The number of hydrogen-bond donors (Lipinski definition) is 2. The number of nitrogens with zero attached hydrogens (tertiary/aromatic N) is 2. The molecular formula is C16H21N3O3. The fourth-order valence-corrected chi connectivity index (χ4v) is 5.38. The Hall–Kier alpha value is -1.85. The van der Waals surface area contributed by atoms with Gasteiger partial charge >= 0.3 is 5.97 Å². The van der Waals surface area contributed by atoms with Gasteiger partial charge in [-0.1, -0.05) is 0 Å². The van der Waals surface area contributed by atoms with E-state index in [1.807, 2.05) is 0 Å². The number of carbonyl (C=O) groups is 2. The van der Waals surface area contributed by atoms with Crippen molar-refractivity contribution >= 4 is 11.9 Å². The van der Waals surface area contributed by atoms with E-state index in [-0.39, 0.29) is 17.7 Å². The lowest BCUT2D eigenvalue weighted by atomic mass is 9.48. The van der Waals surface area contributed by atoms with Gasteiger partial charge in [0.1, 0.15) is 11.2 Å². The van der Waals surface area contributed by atoms with E-state index in [0.717, 1.165) is 25.7 Å². The minimum Gasteiger partial charge on any atom is -0.479 e. The zero-order valence-electron chi connectivity index (χ0n) is 12.7. The van der Waals surface area contributed by atoms with Crippen LogP contribution in [0.25, 0.3) is 0 Å². The molecule has 1 amide bonds. The zero-order valence-corrected chi connectivity index (χ0v) is 12.7. The number of amides is 1. The van der Waals surface area contributed by atoms with Crippen molar-refractivity contribution in [2.75, 3.05) is 0 Å². The number of aliphatic carboxylic acids is 1. The van der Waals surface area contributed by atoms with Crippen molar-refractivity contribution in [2.45, 2.75) is 37.6 Å². The lowest BCUT2D eigenvalue weighted by Crippen LogP contribution is -2.70. The second-order valence-corrected chi connectivity index (χ2v) is 7.27. The summed E-state index contributed by atoms with van der Waals surface area (Å²) in [6.07, 6.45) is 6.55. The van der Waals surface area contributed by atoms with Crippen LogP contribution < -0.4 is 5.32 Å². The van der Waals surface area contributed by atoms with Gasteiger partial charge in [0.2, 0.25) is 0 Å². The molecule has 1 aromatic heterocycles. The van der Waals surface area contributed by atoms with Crippen LogP contribution >= 0.6 is 0 Å². The molecule has 6 nitrogen and oxygen atoms in total. The SMILES string of the molecule is Cn1nccc1C(=O)NC1(C(=O)O)C2CC3CC(C2)CC1C3. The number of rotatable bonds is 3. The Balaban J connectivity index is 1.68. The van der Waals surface area contributed by atoms with Gasteiger partial charge in [0, 0.05) is 13.2 Å². The third kappa shape index (κ3) is 1.76. The molecule has 0 aromatic carbocycles. The highest BCUT2D eigenvalue weighted by Crippen LogP contribution is 2.58. The molecule has 0 radical (unpaired) electrons. The van der Waals surface area contributed by atoms with Crippen molar-refractivity contribution in [1.82, 2.24) is 15.1 Å². The Labute approximate surface area is 128 Å². The third-order valence-corrected chi connectivity index (χ3v) is 6.15. The summed E-state index contributed by atoms with van der Waals surface area (Å²) in [4.78, 5) is 24.8. The maximum atomic E-state index is 12.6. The highest BCUT2D eigenvalue weighted by atomic mass is 16.4. The first-order valence-electron chi connectivity index (χ1n) is 8.04. The summed E-state index contributed by atoms with van der Waals surface area (Å²) in [5, 5.41) is 16.9. The van der Waals surface area contributed by atoms with E-state index >= 15 is 0 Å². The van der Waals surface area contributed by atoms with Gasteiger partial charge in [-0.3, -0.25) is 9.48 Å². The quantitative estimate of drug-likeness (QED) is 0.884. The molecule has 1 aromatic rings. The Bertz CT molecular complexity index is 608. The molecule has 4 aliphatic carbocycles. The number of carboxylic acids is 1.